The lowest BCUT2D eigenvalue weighted by Gasteiger charge is -2.24. The Bertz CT molecular complexity index is 1290. The third kappa shape index (κ3) is 3.28. The number of carbonyl (C=O) groups excluding carboxylic acids is 1. The first-order valence-corrected chi connectivity index (χ1v) is 9.40. The molecule has 0 N–H and O–H groups in total. The van der Waals surface area contributed by atoms with E-state index >= 15 is 0 Å². The molecule has 0 radical (unpaired) electrons. The third-order valence-electron chi connectivity index (χ3n) is 4.82. The molecule has 5 rings (SSSR count). The number of hydrogen-bond acceptors (Lipinski definition) is 6. The maximum Gasteiger partial charge on any atom is 0.356 e. The number of rotatable bonds is 3. The van der Waals surface area contributed by atoms with Crippen molar-refractivity contribution in [1.29, 1.82) is 0 Å². The number of ether oxygens (including phenoxy) is 3. The van der Waals surface area contributed by atoms with Crippen molar-refractivity contribution in [2.24, 2.45) is 0 Å². The van der Waals surface area contributed by atoms with Gasteiger partial charge in [0.1, 0.15) is 24.2 Å². The standard InChI is InChI=1S/C24H16O6/c25-23-17-11-10-16(12-21(17)27-13-18(23)15-6-2-1-3-7-15)29-24(26)22-14-28-19-8-4-5-9-20(19)30-22/h1-13,22H,14H2/t22-/m1/s1. The van der Waals surface area contributed by atoms with Crippen molar-refractivity contribution in [3.63, 3.8) is 0 Å². The van der Waals surface area contributed by atoms with Crippen molar-refractivity contribution in [1.82, 2.24) is 0 Å². The van der Waals surface area contributed by atoms with Gasteiger partial charge < -0.3 is 18.6 Å². The highest BCUT2D eigenvalue weighted by Gasteiger charge is 2.29. The van der Waals surface area contributed by atoms with Crippen LogP contribution in [-0.4, -0.2) is 18.7 Å². The molecule has 0 saturated carbocycles. The molecule has 0 spiro atoms. The fourth-order valence-electron chi connectivity index (χ4n) is 3.31. The summed E-state index contributed by atoms with van der Waals surface area (Å²) < 4.78 is 22.3. The van der Waals surface area contributed by atoms with Gasteiger partial charge in [0.25, 0.3) is 0 Å². The molecular weight excluding hydrogens is 384 g/mol. The van der Waals surface area contributed by atoms with Gasteiger partial charge in [-0.15, -0.1) is 0 Å². The number of para-hydroxylation sites is 2. The first-order chi connectivity index (χ1) is 14.7. The highest BCUT2D eigenvalue weighted by atomic mass is 16.6. The summed E-state index contributed by atoms with van der Waals surface area (Å²) in [5.41, 5.74) is 1.43. The molecule has 0 unspecified atom stereocenters. The minimum Gasteiger partial charge on any atom is -0.485 e. The van der Waals surface area contributed by atoms with Crippen LogP contribution in [0.2, 0.25) is 0 Å². The van der Waals surface area contributed by atoms with Crippen molar-refractivity contribution in [3.8, 4) is 28.4 Å². The molecule has 0 aliphatic carbocycles. The van der Waals surface area contributed by atoms with Crippen LogP contribution in [0.15, 0.2) is 88.3 Å². The van der Waals surface area contributed by atoms with Crippen LogP contribution >= 0.6 is 0 Å². The van der Waals surface area contributed by atoms with Crippen molar-refractivity contribution in [2.75, 3.05) is 6.61 Å². The molecule has 2 heterocycles. The van der Waals surface area contributed by atoms with E-state index in [2.05, 4.69) is 0 Å². The Hall–Kier alpha value is -4.06. The van der Waals surface area contributed by atoms with Gasteiger partial charge in [0.2, 0.25) is 6.10 Å². The summed E-state index contributed by atoms with van der Waals surface area (Å²) in [7, 11) is 0. The highest BCUT2D eigenvalue weighted by molar-refractivity contribution is 5.84. The molecule has 1 aliphatic heterocycles. The van der Waals surface area contributed by atoms with Crippen LogP contribution in [0.25, 0.3) is 22.1 Å². The topological polar surface area (TPSA) is 75.0 Å². The van der Waals surface area contributed by atoms with E-state index < -0.39 is 12.1 Å². The Morgan fingerprint density at radius 3 is 2.53 bits per heavy atom. The molecule has 1 aromatic heterocycles. The molecule has 4 aromatic rings. The van der Waals surface area contributed by atoms with E-state index in [1.54, 1.807) is 30.3 Å². The maximum absolute atomic E-state index is 12.8. The molecular formula is C24H16O6. The van der Waals surface area contributed by atoms with E-state index in [1.807, 2.05) is 36.4 Å². The van der Waals surface area contributed by atoms with Gasteiger partial charge in [0, 0.05) is 6.07 Å². The molecule has 30 heavy (non-hydrogen) atoms. The molecule has 0 bridgehead atoms. The van der Waals surface area contributed by atoms with Crippen molar-refractivity contribution in [3.05, 3.63) is 89.3 Å². The third-order valence-corrected chi connectivity index (χ3v) is 4.82. The van der Waals surface area contributed by atoms with Gasteiger partial charge in [-0.1, -0.05) is 42.5 Å². The number of benzene rings is 3. The Labute approximate surface area is 171 Å². The van der Waals surface area contributed by atoms with Gasteiger partial charge in [0.15, 0.2) is 16.9 Å². The largest absolute Gasteiger partial charge is 0.485 e. The van der Waals surface area contributed by atoms with Gasteiger partial charge in [-0.2, -0.15) is 0 Å². The monoisotopic (exact) mass is 400 g/mol. The van der Waals surface area contributed by atoms with Crippen LogP contribution in [0, 0.1) is 0 Å². The summed E-state index contributed by atoms with van der Waals surface area (Å²) in [5.74, 6) is 0.740. The quantitative estimate of drug-likeness (QED) is 0.379. The van der Waals surface area contributed by atoms with Crippen LogP contribution in [0.4, 0.5) is 0 Å². The zero-order valence-electron chi connectivity index (χ0n) is 15.7. The number of esters is 1. The number of hydrogen-bond donors (Lipinski definition) is 0. The smallest absolute Gasteiger partial charge is 0.356 e. The maximum atomic E-state index is 12.8. The van der Waals surface area contributed by atoms with Gasteiger partial charge in [-0.25, -0.2) is 4.79 Å². The van der Waals surface area contributed by atoms with E-state index in [9.17, 15) is 9.59 Å². The van der Waals surface area contributed by atoms with E-state index in [4.69, 9.17) is 18.6 Å². The highest BCUT2D eigenvalue weighted by Crippen LogP contribution is 2.31. The lowest BCUT2D eigenvalue weighted by Crippen LogP contribution is -2.39. The second-order valence-electron chi connectivity index (χ2n) is 6.79. The zero-order valence-corrected chi connectivity index (χ0v) is 15.7. The predicted octanol–water partition coefficient (Wildman–Crippen LogP) is 4.21. The molecule has 1 atom stereocenters. The summed E-state index contributed by atoms with van der Waals surface area (Å²) in [6.45, 7) is 0.0545. The Kier molecular flexibility index (Phi) is 4.44. The normalized spacial score (nSPS) is 15.0. The first-order valence-electron chi connectivity index (χ1n) is 9.40. The van der Waals surface area contributed by atoms with Gasteiger partial charge in [0.05, 0.1) is 10.9 Å². The lowest BCUT2D eigenvalue weighted by atomic mass is 10.1. The molecule has 1 aliphatic rings. The summed E-state index contributed by atoms with van der Waals surface area (Å²) in [6, 6.07) is 21.1. The summed E-state index contributed by atoms with van der Waals surface area (Å²) in [4.78, 5) is 25.3. The van der Waals surface area contributed by atoms with E-state index in [-0.39, 0.29) is 17.8 Å². The fourth-order valence-corrected chi connectivity index (χ4v) is 3.31. The summed E-state index contributed by atoms with van der Waals surface area (Å²) in [5, 5.41) is 0.405. The molecule has 3 aromatic carbocycles. The molecule has 0 fully saturated rings. The van der Waals surface area contributed by atoms with Crippen LogP contribution in [0.3, 0.4) is 0 Å². The Morgan fingerprint density at radius 1 is 0.933 bits per heavy atom. The van der Waals surface area contributed by atoms with Crippen molar-refractivity contribution >= 4 is 16.9 Å². The van der Waals surface area contributed by atoms with E-state index in [1.165, 1.54) is 12.3 Å². The molecule has 0 amide bonds. The van der Waals surface area contributed by atoms with Crippen LogP contribution in [0.5, 0.6) is 17.2 Å². The van der Waals surface area contributed by atoms with Crippen LogP contribution in [-0.2, 0) is 4.79 Å². The minimum absolute atomic E-state index is 0.0545. The minimum atomic E-state index is -0.886. The molecule has 6 heteroatoms. The van der Waals surface area contributed by atoms with Crippen molar-refractivity contribution in [2.45, 2.75) is 6.10 Å². The summed E-state index contributed by atoms with van der Waals surface area (Å²) in [6.07, 6.45) is 0.531. The van der Waals surface area contributed by atoms with E-state index in [0.29, 0.717) is 28.0 Å². The summed E-state index contributed by atoms with van der Waals surface area (Å²) >= 11 is 0. The lowest BCUT2D eigenvalue weighted by molar-refractivity contribution is -0.144. The second kappa shape index (κ2) is 7.40. The second-order valence-corrected chi connectivity index (χ2v) is 6.79. The van der Waals surface area contributed by atoms with E-state index in [0.717, 1.165) is 5.56 Å². The molecule has 6 nitrogen and oxygen atoms in total. The average Bonchev–Trinajstić information content (AvgIpc) is 2.79. The van der Waals surface area contributed by atoms with Gasteiger partial charge >= 0.3 is 5.97 Å². The van der Waals surface area contributed by atoms with Crippen LogP contribution < -0.4 is 19.6 Å². The first kappa shape index (κ1) is 18.0. The molecule has 0 saturated heterocycles. The zero-order chi connectivity index (χ0) is 20.5. The number of carbonyl (C=O) groups is 1. The Balaban J connectivity index is 1.38. The fraction of sp³-hybridized carbons (Fsp3) is 0.0833. The van der Waals surface area contributed by atoms with Gasteiger partial charge in [-0.05, 0) is 29.8 Å². The molecule has 148 valence electrons. The predicted molar refractivity (Wildman–Crippen MR) is 110 cm³/mol. The Morgan fingerprint density at radius 2 is 1.70 bits per heavy atom. The van der Waals surface area contributed by atoms with Gasteiger partial charge in [-0.3, -0.25) is 4.79 Å². The SMILES string of the molecule is O=C(Oc1ccc2c(=O)c(-c3ccccc3)coc2c1)[C@H]1COc2ccccc2O1. The number of fused-ring (bicyclic) bond motifs is 2. The van der Waals surface area contributed by atoms with Crippen LogP contribution in [0.1, 0.15) is 0 Å². The van der Waals surface area contributed by atoms with Crippen molar-refractivity contribution < 1.29 is 23.4 Å². The average molecular weight is 400 g/mol.